The summed E-state index contributed by atoms with van der Waals surface area (Å²) in [5, 5.41) is 11.8. The molecule has 1 aromatic rings. The van der Waals surface area contributed by atoms with Crippen molar-refractivity contribution in [3.63, 3.8) is 0 Å². The van der Waals surface area contributed by atoms with Gasteiger partial charge in [-0.25, -0.2) is 0 Å². The number of carbonyl (C=O) groups is 1. The molecule has 0 atom stereocenters. The molecule has 0 spiro atoms. The van der Waals surface area contributed by atoms with E-state index in [2.05, 4.69) is 22.5 Å². The maximum atomic E-state index is 12.1. The van der Waals surface area contributed by atoms with Crippen LogP contribution in [0.25, 0.3) is 0 Å². The molecular weight excluding hydrogens is 226 g/mol. The molecule has 0 saturated carbocycles. The summed E-state index contributed by atoms with van der Waals surface area (Å²) < 4.78 is 0. The predicted octanol–water partition coefficient (Wildman–Crippen LogP) is 2.64. The summed E-state index contributed by atoms with van der Waals surface area (Å²) in [5.41, 5.74) is 0.951. The van der Waals surface area contributed by atoms with E-state index in [9.17, 15) is 4.79 Å². The fourth-order valence-corrected chi connectivity index (χ4v) is 2.06. The molecule has 0 aromatic carbocycles. The van der Waals surface area contributed by atoms with Crippen molar-refractivity contribution in [3.8, 4) is 6.07 Å². The minimum atomic E-state index is 0.00130. The van der Waals surface area contributed by atoms with E-state index < -0.39 is 0 Å². The van der Waals surface area contributed by atoms with E-state index in [0.717, 1.165) is 25.7 Å². The lowest BCUT2D eigenvalue weighted by Crippen LogP contribution is -2.22. The van der Waals surface area contributed by atoms with Gasteiger partial charge in [-0.1, -0.05) is 12.2 Å². The Morgan fingerprint density at radius 3 is 2.78 bits per heavy atom. The number of carbonyl (C=O) groups excluding carboxylic acids is 1. The van der Waals surface area contributed by atoms with Crippen LogP contribution in [0.4, 0.5) is 5.69 Å². The van der Waals surface area contributed by atoms with E-state index in [-0.39, 0.29) is 11.8 Å². The van der Waals surface area contributed by atoms with Crippen molar-refractivity contribution in [2.24, 2.45) is 5.92 Å². The third-order valence-corrected chi connectivity index (χ3v) is 3.10. The minimum absolute atomic E-state index is 0.00130. The predicted molar refractivity (Wildman–Crippen MR) is 68.7 cm³/mol. The Hall–Kier alpha value is -2.15. The van der Waals surface area contributed by atoms with Crippen LogP contribution in [0.5, 0.6) is 0 Å². The van der Waals surface area contributed by atoms with Crippen molar-refractivity contribution in [2.45, 2.75) is 25.7 Å². The van der Waals surface area contributed by atoms with Gasteiger partial charge in [0.25, 0.3) is 0 Å². The summed E-state index contributed by atoms with van der Waals surface area (Å²) in [6.07, 6.45) is 10.9. The smallest absolute Gasteiger partial charge is 0.227 e. The van der Waals surface area contributed by atoms with Gasteiger partial charge >= 0.3 is 0 Å². The summed E-state index contributed by atoms with van der Waals surface area (Å²) in [6, 6.07) is 3.68. The molecule has 1 amide bonds. The van der Waals surface area contributed by atoms with Gasteiger partial charge in [0.05, 0.1) is 11.3 Å². The summed E-state index contributed by atoms with van der Waals surface area (Å²) in [4.78, 5) is 16.0. The van der Waals surface area contributed by atoms with Gasteiger partial charge in [0.15, 0.2) is 0 Å². The Morgan fingerprint density at radius 1 is 1.39 bits per heavy atom. The second-order valence-electron chi connectivity index (χ2n) is 4.35. The van der Waals surface area contributed by atoms with Crippen LogP contribution in [0, 0.1) is 17.2 Å². The highest BCUT2D eigenvalue weighted by Crippen LogP contribution is 2.21. The lowest BCUT2D eigenvalue weighted by molar-refractivity contribution is -0.120. The maximum Gasteiger partial charge on any atom is 0.227 e. The van der Waals surface area contributed by atoms with Crippen molar-refractivity contribution < 1.29 is 4.79 Å². The van der Waals surface area contributed by atoms with E-state index in [1.54, 1.807) is 12.3 Å². The first-order valence-corrected chi connectivity index (χ1v) is 6.11. The number of amides is 1. The molecule has 1 aliphatic rings. The highest BCUT2D eigenvalue weighted by Gasteiger charge is 2.19. The van der Waals surface area contributed by atoms with Crippen LogP contribution in [0.15, 0.2) is 30.6 Å². The third kappa shape index (κ3) is 2.95. The zero-order valence-corrected chi connectivity index (χ0v) is 10.1. The quantitative estimate of drug-likeness (QED) is 0.809. The number of anilines is 1. The molecule has 1 heterocycles. The molecule has 4 heteroatoms. The Bertz CT molecular complexity index is 492. The van der Waals surface area contributed by atoms with Gasteiger partial charge in [0, 0.05) is 18.3 Å². The molecule has 18 heavy (non-hydrogen) atoms. The van der Waals surface area contributed by atoms with E-state index >= 15 is 0 Å². The van der Waals surface area contributed by atoms with Gasteiger partial charge in [0.1, 0.15) is 6.07 Å². The van der Waals surface area contributed by atoms with E-state index in [4.69, 9.17) is 5.26 Å². The number of nitriles is 1. The van der Waals surface area contributed by atoms with E-state index in [1.807, 2.05) is 6.07 Å². The number of nitrogens with one attached hydrogen (secondary N) is 1. The number of nitrogens with zero attached hydrogens (tertiary/aromatic N) is 2. The molecule has 0 unspecified atom stereocenters. The Labute approximate surface area is 106 Å². The fourth-order valence-electron chi connectivity index (χ4n) is 2.06. The lowest BCUT2D eigenvalue weighted by Gasteiger charge is -2.14. The summed E-state index contributed by atoms with van der Waals surface area (Å²) in [6.45, 7) is 0. The van der Waals surface area contributed by atoms with Crippen molar-refractivity contribution in [1.82, 2.24) is 4.98 Å². The number of aromatic nitrogens is 1. The van der Waals surface area contributed by atoms with Crippen molar-refractivity contribution in [2.75, 3.05) is 5.32 Å². The fraction of sp³-hybridized carbons (Fsp3) is 0.357. The first kappa shape index (κ1) is 12.3. The SMILES string of the molecule is N#Cc1cnccc1NC(=O)C1CCC=CCC1. The third-order valence-electron chi connectivity index (χ3n) is 3.10. The van der Waals surface area contributed by atoms with Crippen LogP contribution in [-0.4, -0.2) is 10.9 Å². The van der Waals surface area contributed by atoms with Crippen LogP contribution >= 0.6 is 0 Å². The van der Waals surface area contributed by atoms with Crippen LogP contribution in [-0.2, 0) is 4.79 Å². The van der Waals surface area contributed by atoms with Crippen LogP contribution in [0.2, 0.25) is 0 Å². The van der Waals surface area contributed by atoms with Gasteiger partial charge in [-0.3, -0.25) is 9.78 Å². The molecule has 1 aliphatic carbocycles. The van der Waals surface area contributed by atoms with Gasteiger partial charge in [-0.2, -0.15) is 5.26 Å². The molecule has 0 fully saturated rings. The molecular formula is C14H15N3O. The van der Waals surface area contributed by atoms with Crippen LogP contribution < -0.4 is 5.32 Å². The maximum absolute atomic E-state index is 12.1. The number of hydrogen-bond acceptors (Lipinski definition) is 3. The standard InChI is InChI=1S/C14H15N3O/c15-9-12-10-16-8-7-13(12)17-14(18)11-5-3-1-2-4-6-11/h1-2,7-8,10-11H,3-6H2,(H,16,17,18). The van der Waals surface area contributed by atoms with E-state index in [0.29, 0.717) is 11.3 Å². The number of rotatable bonds is 2. The molecule has 0 aliphatic heterocycles. The summed E-state index contributed by atoms with van der Waals surface area (Å²) in [7, 11) is 0. The molecule has 4 nitrogen and oxygen atoms in total. The average molecular weight is 241 g/mol. The topological polar surface area (TPSA) is 65.8 Å². The zero-order chi connectivity index (χ0) is 12.8. The summed E-state index contributed by atoms with van der Waals surface area (Å²) >= 11 is 0. The summed E-state index contributed by atoms with van der Waals surface area (Å²) in [5.74, 6) is 0.0288. The molecule has 0 bridgehead atoms. The Balaban J connectivity index is 2.05. The Morgan fingerprint density at radius 2 is 2.11 bits per heavy atom. The number of allylic oxidation sites excluding steroid dienone is 2. The van der Waals surface area contributed by atoms with Crippen molar-refractivity contribution >= 4 is 11.6 Å². The van der Waals surface area contributed by atoms with Crippen LogP contribution in [0.3, 0.4) is 0 Å². The number of pyridine rings is 1. The lowest BCUT2D eigenvalue weighted by atomic mass is 9.99. The molecule has 0 radical (unpaired) electrons. The highest BCUT2D eigenvalue weighted by atomic mass is 16.1. The molecule has 1 N–H and O–H groups in total. The zero-order valence-electron chi connectivity index (χ0n) is 10.1. The molecule has 2 rings (SSSR count). The van der Waals surface area contributed by atoms with Gasteiger partial charge in [-0.15, -0.1) is 0 Å². The molecule has 1 aromatic heterocycles. The second kappa shape index (κ2) is 5.97. The van der Waals surface area contributed by atoms with E-state index in [1.165, 1.54) is 6.20 Å². The van der Waals surface area contributed by atoms with Gasteiger partial charge in [-0.05, 0) is 31.7 Å². The average Bonchev–Trinajstić information content (AvgIpc) is 2.68. The van der Waals surface area contributed by atoms with Crippen LogP contribution in [0.1, 0.15) is 31.2 Å². The highest BCUT2D eigenvalue weighted by molar-refractivity contribution is 5.93. The van der Waals surface area contributed by atoms with Gasteiger partial charge < -0.3 is 5.32 Å². The monoisotopic (exact) mass is 241 g/mol. The normalized spacial score (nSPS) is 15.7. The van der Waals surface area contributed by atoms with Crippen molar-refractivity contribution in [1.29, 1.82) is 5.26 Å². The van der Waals surface area contributed by atoms with Gasteiger partial charge in [0.2, 0.25) is 5.91 Å². The number of hydrogen-bond donors (Lipinski definition) is 1. The minimum Gasteiger partial charge on any atom is -0.325 e. The molecule has 92 valence electrons. The Kier molecular flexibility index (Phi) is 4.08. The van der Waals surface area contributed by atoms with Crippen molar-refractivity contribution in [3.05, 3.63) is 36.2 Å². The first-order valence-electron chi connectivity index (χ1n) is 6.11. The second-order valence-corrected chi connectivity index (χ2v) is 4.35. The molecule has 0 saturated heterocycles. The first-order chi connectivity index (χ1) is 8.81. The largest absolute Gasteiger partial charge is 0.325 e.